The third-order valence-corrected chi connectivity index (χ3v) is 4.31. The summed E-state index contributed by atoms with van der Waals surface area (Å²) in [4.78, 5) is 14.2. The van der Waals surface area contributed by atoms with Gasteiger partial charge >= 0.3 is 0 Å². The number of carbonyl (C=O) groups excluding carboxylic acids is 1. The van der Waals surface area contributed by atoms with Gasteiger partial charge in [-0.3, -0.25) is 4.79 Å². The summed E-state index contributed by atoms with van der Waals surface area (Å²) >= 11 is 1.56. The SMILES string of the molecule is Cc1cc(C(=O)NCC(C)(O)c2ccc(F)cc2)c(C)s1. The first-order valence-electron chi connectivity index (χ1n) is 6.63. The van der Waals surface area contributed by atoms with Gasteiger partial charge in [0.2, 0.25) is 0 Å². The van der Waals surface area contributed by atoms with Crippen molar-refractivity contribution in [1.82, 2.24) is 5.32 Å². The molecule has 1 amide bonds. The first-order chi connectivity index (χ1) is 9.79. The number of rotatable bonds is 4. The number of halogens is 1. The monoisotopic (exact) mass is 307 g/mol. The fourth-order valence-electron chi connectivity index (χ4n) is 2.11. The van der Waals surface area contributed by atoms with Crippen molar-refractivity contribution in [3.05, 3.63) is 57.0 Å². The fourth-order valence-corrected chi connectivity index (χ4v) is 3.04. The number of amides is 1. The Labute approximate surface area is 127 Å². The van der Waals surface area contributed by atoms with Gasteiger partial charge in [-0.1, -0.05) is 12.1 Å². The van der Waals surface area contributed by atoms with Gasteiger partial charge < -0.3 is 10.4 Å². The summed E-state index contributed by atoms with van der Waals surface area (Å²) in [6, 6.07) is 7.45. The normalized spacial score (nSPS) is 13.8. The van der Waals surface area contributed by atoms with Crippen molar-refractivity contribution in [2.75, 3.05) is 6.54 Å². The van der Waals surface area contributed by atoms with Crippen LogP contribution in [0, 0.1) is 19.7 Å². The third-order valence-electron chi connectivity index (χ3n) is 3.34. The maximum atomic E-state index is 12.9. The molecule has 0 saturated carbocycles. The van der Waals surface area contributed by atoms with Gasteiger partial charge in [0.05, 0.1) is 12.1 Å². The number of thiophene rings is 1. The number of aliphatic hydroxyl groups is 1. The van der Waals surface area contributed by atoms with Crippen LogP contribution in [0.3, 0.4) is 0 Å². The molecule has 0 fully saturated rings. The first kappa shape index (κ1) is 15.7. The van der Waals surface area contributed by atoms with Crippen molar-refractivity contribution in [3.63, 3.8) is 0 Å². The molecule has 0 saturated heterocycles. The summed E-state index contributed by atoms with van der Waals surface area (Å²) < 4.78 is 12.9. The smallest absolute Gasteiger partial charge is 0.252 e. The molecule has 0 spiro atoms. The molecule has 0 aliphatic rings. The van der Waals surface area contributed by atoms with Crippen LogP contribution in [0.1, 0.15) is 32.6 Å². The van der Waals surface area contributed by atoms with E-state index >= 15 is 0 Å². The molecular formula is C16H18FNO2S. The molecule has 1 heterocycles. The van der Waals surface area contributed by atoms with Crippen molar-refractivity contribution in [2.45, 2.75) is 26.4 Å². The summed E-state index contributed by atoms with van der Waals surface area (Å²) in [5, 5.41) is 13.1. The number of hydrogen-bond donors (Lipinski definition) is 2. The summed E-state index contributed by atoms with van der Waals surface area (Å²) in [6.07, 6.45) is 0. The lowest BCUT2D eigenvalue weighted by molar-refractivity contribution is 0.0526. The molecule has 1 unspecified atom stereocenters. The lowest BCUT2D eigenvalue weighted by Gasteiger charge is -2.24. The average molecular weight is 307 g/mol. The average Bonchev–Trinajstić information content (AvgIpc) is 2.76. The van der Waals surface area contributed by atoms with E-state index in [0.717, 1.165) is 9.75 Å². The van der Waals surface area contributed by atoms with E-state index < -0.39 is 5.60 Å². The number of hydrogen-bond acceptors (Lipinski definition) is 3. The van der Waals surface area contributed by atoms with E-state index in [9.17, 15) is 14.3 Å². The van der Waals surface area contributed by atoms with Crippen LogP contribution in [0.4, 0.5) is 4.39 Å². The van der Waals surface area contributed by atoms with Crippen LogP contribution < -0.4 is 5.32 Å². The second-order valence-electron chi connectivity index (χ2n) is 5.29. The molecule has 0 aliphatic heterocycles. The Kier molecular flexibility index (Phi) is 4.44. The maximum Gasteiger partial charge on any atom is 0.252 e. The van der Waals surface area contributed by atoms with E-state index in [1.165, 1.54) is 24.3 Å². The fraction of sp³-hybridized carbons (Fsp3) is 0.312. The third kappa shape index (κ3) is 3.68. The van der Waals surface area contributed by atoms with Crippen LogP contribution in [0.2, 0.25) is 0 Å². The van der Waals surface area contributed by atoms with E-state index in [1.54, 1.807) is 18.3 Å². The number of aryl methyl sites for hydroxylation is 2. The summed E-state index contributed by atoms with van der Waals surface area (Å²) in [5.41, 5.74) is -0.0580. The second kappa shape index (κ2) is 5.95. The quantitative estimate of drug-likeness (QED) is 0.911. The molecule has 2 N–H and O–H groups in total. The molecule has 0 aliphatic carbocycles. The zero-order chi connectivity index (χ0) is 15.6. The highest BCUT2D eigenvalue weighted by Crippen LogP contribution is 2.22. The Bertz CT molecular complexity index is 647. The summed E-state index contributed by atoms with van der Waals surface area (Å²) in [6.45, 7) is 5.49. The van der Waals surface area contributed by atoms with Crippen LogP contribution in [-0.4, -0.2) is 17.6 Å². The molecule has 5 heteroatoms. The predicted octanol–water partition coefficient (Wildman–Crippen LogP) is 3.14. The second-order valence-corrected chi connectivity index (χ2v) is 6.75. The Hall–Kier alpha value is -1.72. The molecule has 0 bridgehead atoms. The molecule has 112 valence electrons. The largest absolute Gasteiger partial charge is 0.384 e. The molecule has 1 aromatic carbocycles. The minimum Gasteiger partial charge on any atom is -0.384 e. The van der Waals surface area contributed by atoms with Gasteiger partial charge in [0.15, 0.2) is 0 Å². The lowest BCUT2D eigenvalue weighted by atomic mass is 9.96. The van der Waals surface area contributed by atoms with E-state index in [2.05, 4.69) is 5.32 Å². The van der Waals surface area contributed by atoms with Crippen LogP contribution >= 0.6 is 11.3 Å². The van der Waals surface area contributed by atoms with Crippen LogP contribution in [0.5, 0.6) is 0 Å². The topological polar surface area (TPSA) is 49.3 Å². The minimum atomic E-state index is -1.25. The predicted molar refractivity (Wildman–Crippen MR) is 82.1 cm³/mol. The van der Waals surface area contributed by atoms with E-state index in [1.807, 2.05) is 19.9 Å². The number of benzene rings is 1. The van der Waals surface area contributed by atoms with Crippen molar-refractivity contribution in [2.24, 2.45) is 0 Å². The number of carbonyl (C=O) groups is 1. The van der Waals surface area contributed by atoms with Crippen LogP contribution in [0.15, 0.2) is 30.3 Å². The zero-order valence-electron chi connectivity index (χ0n) is 12.2. The van der Waals surface area contributed by atoms with Crippen molar-refractivity contribution >= 4 is 17.2 Å². The zero-order valence-corrected chi connectivity index (χ0v) is 13.1. The van der Waals surface area contributed by atoms with Gasteiger partial charge in [-0.05, 0) is 44.5 Å². The molecule has 2 aromatic rings. The van der Waals surface area contributed by atoms with Gasteiger partial charge in [0, 0.05) is 9.75 Å². The van der Waals surface area contributed by atoms with Gasteiger partial charge in [-0.25, -0.2) is 4.39 Å². The van der Waals surface area contributed by atoms with E-state index in [4.69, 9.17) is 0 Å². The standard InChI is InChI=1S/C16H18FNO2S/c1-10-8-14(11(2)21-10)15(19)18-9-16(3,20)12-4-6-13(17)7-5-12/h4-8,20H,9H2,1-3H3,(H,18,19). The lowest BCUT2D eigenvalue weighted by Crippen LogP contribution is -2.38. The van der Waals surface area contributed by atoms with Gasteiger partial charge in [0.1, 0.15) is 11.4 Å². The van der Waals surface area contributed by atoms with Crippen molar-refractivity contribution in [3.8, 4) is 0 Å². The van der Waals surface area contributed by atoms with Crippen LogP contribution in [-0.2, 0) is 5.60 Å². The Morgan fingerprint density at radius 1 is 1.33 bits per heavy atom. The molecule has 1 aromatic heterocycles. The molecule has 21 heavy (non-hydrogen) atoms. The van der Waals surface area contributed by atoms with E-state index in [0.29, 0.717) is 11.1 Å². The molecule has 1 atom stereocenters. The molecule has 3 nitrogen and oxygen atoms in total. The Morgan fingerprint density at radius 2 is 1.95 bits per heavy atom. The maximum absolute atomic E-state index is 12.9. The van der Waals surface area contributed by atoms with Crippen LogP contribution in [0.25, 0.3) is 0 Å². The highest BCUT2D eigenvalue weighted by molar-refractivity contribution is 7.12. The van der Waals surface area contributed by atoms with E-state index in [-0.39, 0.29) is 18.3 Å². The Balaban J connectivity index is 2.06. The highest BCUT2D eigenvalue weighted by atomic mass is 32.1. The van der Waals surface area contributed by atoms with Crippen molar-refractivity contribution in [1.29, 1.82) is 0 Å². The molecule has 2 rings (SSSR count). The van der Waals surface area contributed by atoms with Gasteiger partial charge in [-0.15, -0.1) is 11.3 Å². The first-order valence-corrected chi connectivity index (χ1v) is 7.45. The van der Waals surface area contributed by atoms with Gasteiger partial charge in [0.25, 0.3) is 5.91 Å². The van der Waals surface area contributed by atoms with Gasteiger partial charge in [-0.2, -0.15) is 0 Å². The Morgan fingerprint density at radius 3 is 2.48 bits per heavy atom. The minimum absolute atomic E-state index is 0.0613. The molecule has 0 radical (unpaired) electrons. The molecular weight excluding hydrogens is 289 g/mol. The number of nitrogens with one attached hydrogen (secondary N) is 1. The highest BCUT2D eigenvalue weighted by Gasteiger charge is 2.24. The van der Waals surface area contributed by atoms with Crippen molar-refractivity contribution < 1.29 is 14.3 Å². The summed E-state index contributed by atoms with van der Waals surface area (Å²) in [5.74, 6) is -0.567. The summed E-state index contributed by atoms with van der Waals surface area (Å²) in [7, 11) is 0.